The zero-order chi connectivity index (χ0) is 24.7. The third kappa shape index (κ3) is 4.51. The van der Waals surface area contributed by atoms with Crippen LogP contribution in [0.4, 0.5) is 5.69 Å². The molecule has 0 radical (unpaired) electrons. The number of ether oxygens (including phenoxy) is 2. The largest absolute Gasteiger partial charge is 0.456 e. The van der Waals surface area contributed by atoms with Gasteiger partial charge in [0, 0.05) is 19.2 Å². The number of carbonyl (C=O) groups is 1. The van der Waals surface area contributed by atoms with Crippen LogP contribution in [0, 0.1) is 19.8 Å². The number of piperidine rings is 1. The molecule has 5 rings (SSSR count). The van der Waals surface area contributed by atoms with Crippen LogP contribution in [0.1, 0.15) is 41.3 Å². The summed E-state index contributed by atoms with van der Waals surface area (Å²) < 4.78 is 41.3. The van der Waals surface area contributed by atoms with Gasteiger partial charge in [0.1, 0.15) is 16.4 Å². The van der Waals surface area contributed by atoms with Gasteiger partial charge in [-0.05, 0) is 74.1 Å². The zero-order valence-corrected chi connectivity index (χ0v) is 20.8. The molecule has 3 aromatic carbocycles. The second-order valence-corrected chi connectivity index (χ2v) is 11.2. The summed E-state index contributed by atoms with van der Waals surface area (Å²) in [5.41, 5.74) is 2.78. The van der Waals surface area contributed by atoms with Crippen molar-refractivity contribution < 1.29 is 22.7 Å². The monoisotopic (exact) mass is 492 g/mol. The zero-order valence-electron chi connectivity index (χ0n) is 20.0. The van der Waals surface area contributed by atoms with Gasteiger partial charge in [-0.15, -0.1) is 0 Å². The first kappa shape index (κ1) is 23.4. The number of nitrogens with zero attached hydrogens (tertiary/aromatic N) is 1. The number of nitrogens with one attached hydrogen (secondary N) is 1. The van der Waals surface area contributed by atoms with Crippen LogP contribution < -0.4 is 14.8 Å². The Morgan fingerprint density at radius 2 is 1.71 bits per heavy atom. The second kappa shape index (κ2) is 9.02. The minimum atomic E-state index is -3.92. The molecule has 0 saturated carbocycles. The van der Waals surface area contributed by atoms with E-state index in [1.807, 2.05) is 26.0 Å². The van der Waals surface area contributed by atoms with E-state index in [2.05, 4.69) is 12.2 Å². The Kier molecular flexibility index (Phi) is 6.02. The fourth-order valence-corrected chi connectivity index (χ4v) is 5.91. The van der Waals surface area contributed by atoms with Crippen molar-refractivity contribution in [3.05, 3.63) is 71.3 Å². The minimum Gasteiger partial charge on any atom is -0.456 e. The van der Waals surface area contributed by atoms with Gasteiger partial charge in [0.15, 0.2) is 11.5 Å². The van der Waals surface area contributed by atoms with Gasteiger partial charge in [-0.2, -0.15) is 4.31 Å². The van der Waals surface area contributed by atoms with Crippen LogP contribution in [-0.2, 0) is 10.0 Å². The van der Waals surface area contributed by atoms with Crippen molar-refractivity contribution in [2.24, 2.45) is 5.92 Å². The number of sulfonamides is 1. The highest BCUT2D eigenvalue weighted by Gasteiger charge is 2.34. The molecule has 7 nitrogen and oxygen atoms in total. The van der Waals surface area contributed by atoms with Crippen molar-refractivity contribution in [3.8, 4) is 23.0 Å². The first-order valence-electron chi connectivity index (χ1n) is 11.7. The Morgan fingerprint density at radius 1 is 0.971 bits per heavy atom. The quantitative estimate of drug-likeness (QED) is 0.492. The van der Waals surface area contributed by atoms with E-state index < -0.39 is 15.9 Å². The van der Waals surface area contributed by atoms with E-state index >= 15 is 0 Å². The average Bonchev–Trinajstić information content (AvgIpc) is 2.96. The van der Waals surface area contributed by atoms with Crippen molar-refractivity contribution in [2.45, 2.75) is 38.5 Å². The summed E-state index contributed by atoms with van der Waals surface area (Å²) in [4.78, 5) is 13.0. The van der Waals surface area contributed by atoms with E-state index in [1.165, 1.54) is 16.4 Å². The lowest BCUT2D eigenvalue weighted by Crippen LogP contribution is -2.38. The van der Waals surface area contributed by atoms with Crippen LogP contribution in [-0.4, -0.2) is 31.7 Å². The molecule has 0 spiro atoms. The summed E-state index contributed by atoms with van der Waals surface area (Å²) in [6.45, 7) is 6.95. The smallest absolute Gasteiger partial charge is 0.259 e. The first-order chi connectivity index (χ1) is 16.7. The number of para-hydroxylation sites is 2. The number of hydrogen-bond acceptors (Lipinski definition) is 5. The maximum absolute atomic E-state index is 13.8. The molecule has 35 heavy (non-hydrogen) atoms. The highest BCUT2D eigenvalue weighted by molar-refractivity contribution is 7.89. The summed E-state index contributed by atoms with van der Waals surface area (Å²) in [7, 11) is -3.92. The van der Waals surface area contributed by atoms with Gasteiger partial charge < -0.3 is 14.8 Å². The lowest BCUT2D eigenvalue weighted by molar-refractivity contribution is 0.102. The van der Waals surface area contributed by atoms with Crippen molar-refractivity contribution in [1.29, 1.82) is 0 Å². The molecule has 3 aromatic rings. The summed E-state index contributed by atoms with van der Waals surface area (Å²) in [6, 6.07) is 15.5. The third-order valence-corrected chi connectivity index (χ3v) is 8.63. The molecular formula is C27H28N2O5S. The Morgan fingerprint density at radius 3 is 2.46 bits per heavy atom. The fourth-order valence-electron chi connectivity index (χ4n) is 4.32. The van der Waals surface area contributed by atoms with Gasteiger partial charge in [0.2, 0.25) is 10.0 Å². The minimum absolute atomic E-state index is 0.0475. The van der Waals surface area contributed by atoms with E-state index in [0.717, 1.165) is 24.0 Å². The van der Waals surface area contributed by atoms with E-state index in [0.29, 0.717) is 36.2 Å². The molecule has 182 valence electrons. The molecule has 0 unspecified atom stereocenters. The summed E-state index contributed by atoms with van der Waals surface area (Å²) in [6.07, 6.45) is 1.58. The molecule has 1 fully saturated rings. The van der Waals surface area contributed by atoms with Crippen LogP contribution in [0.5, 0.6) is 23.0 Å². The fraction of sp³-hybridized carbons (Fsp3) is 0.296. The lowest BCUT2D eigenvalue weighted by Gasteiger charge is -2.30. The van der Waals surface area contributed by atoms with Crippen molar-refractivity contribution >= 4 is 21.6 Å². The maximum atomic E-state index is 13.8. The van der Waals surface area contributed by atoms with E-state index in [1.54, 1.807) is 30.3 Å². The normalized spacial score (nSPS) is 16.5. The SMILES string of the molecule is Cc1ccc(Oc2cc3c(cc2S(=O)(=O)N2CCC(C)CC2)C(=O)Nc2ccccc2O3)cc1C. The molecule has 2 heterocycles. The Bertz CT molecular complexity index is 1410. The first-order valence-corrected chi connectivity index (χ1v) is 13.2. The average molecular weight is 493 g/mol. The summed E-state index contributed by atoms with van der Waals surface area (Å²) in [5.74, 6) is 1.37. The van der Waals surface area contributed by atoms with Crippen LogP contribution in [0.25, 0.3) is 0 Å². The van der Waals surface area contributed by atoms with Gasteiger partial charge in [0.25, 0.3) is 5.91 Å². The molecule has 1 saturated heterocycles. The van der Waals surface area contributed by atoms with Crippen LogP contribution >= 0.6 is 0 Å². The van der Waals surface area contributed by atoms with Crippen LogP contribution in [0.2, 0.25) is 0 Å². The maximum Gasteiger partial charge on any atom is 0.259 e. The Labute approximate surface area is 205 Å². The molecule has 0 atom stereocenters. The van der Waals surface area contributed by atoms with Gasteiger partial charge in [0.05, 0.1) is 11.3 Å². The number of anilines is 1. The lowest BCUT2D eigenvalue weighted by atomic mass is 10.0. The van der Waals surface area contributed by atoms with Gasteiger partial charge in [-0.25, -0.2) is 8.42 Å². The summed E-state index contributed by atoms with van der Waals surface area (Å²) >= 11 is 0. The standard InChI is InChI=1S/C27H28N2O5S/c1-17-10-12-29(13-11-17)35(31,32)26-15-21-24(34-23-7-5-4-6-22(23)28-27(21)30)16-25(26)33-20-9-8-18(2)19(3)14-20/h4-9,14-17H,10-13H2,1-3H3,(H,28,30). The highest BCUT2D eigenvalue weighted by Crippen LogP contribution is 2.42. The van der Waals surface area contributed by atoms with Gasteiger partial charge in [-0.3, -0.25) is 4.79 Å². The highest BCUT2D eigenvalue weighted by atomic mass is 32.2. The molecular weight excluding hydrogens is 464 g/mol. The number of benzene rings is 3. The Hall–Kier alpha value is -3.36. The number of aryl methyl sites for hydroxylation is 2. The molecule has 1 N–H and O–H groups in total. The number of fused-ring (bicyclic) bond motifs is 2. The number of carbonyl (C=O) groups excluding carboxylic acids is 1. The molecule has 0 bridgehead atoms. The van der Waals surface area contributed by atoms with E-state index in [-0.39, 0.29) is 22.0 Å². The molecule has 1 amide bonds. The number of rotatable bonds is 4. The molecule has 0 aromatic heterocycles. The van der Waals surface area contributed by atoms with Crippen molar-refractivity contribution in [2.75, 3.05) is 18.4 Å². The van der Waals surface area contributed by atoms with Gasteiger partial charge >= 0.3 is 0 Å². The predicted molar refractivity (Wildman–Crippen MR) is 134 cm³/mol. The van der Waals surface area contributed by atoms with Gasteiger partial charge in [-0.1, -0.05) is 25.1 Å². The van der Waals surface area contributed by atoms with Crippen molar-refractivity contribution in [1.82, 2.24) is 4.31 Å². The van der Waals surface area contributed by atoms with E-state index in [4.69, 9.17) is 9.47 Å². The second-order valence-electron chi connectivity index (χ2n) is 9.28. The molecule has 0 aliphatic carbocycles. The number of hydrogen-bond donors (Lipinski definition) is 1. The summed E-state index contributed by atoms with van der Waals surface area (Å²) in [5, 5.41) is 2.81. The molecule has 2 aliphatic rings. The van der Waals surface area contributed by atoms with Crippen LogP contribution in [0.15, 0.2) is 59.5 Å². The Balaban J connectivity index is 1.64. The van der Waals surface area contributed by atoms with Crippen molar-refractivity contribution in [3.63, 3.8) is 0 Å². The van der Waals surface area contributed by atoms with E-state index in [9.17, 15) is 13.2 Å². The predicted octanol–water partition coefficient (Wildman–Crippen LogP) is 5.87. The molecule has 8 heteroatoms. The topological polar surface area (TPSA) is 84.9 Å². The number of amides is 1. The molecule has 2 aliphatic heterocycles. The third-order valence-electron chi connectivity index (χ3n) is 6.71. The van der Waals surface area contributed by atoms with Crippen LogP contribution in [0.3, 0.4) is 0 Å².